The topological polar surface area (TPSA) is 87.6 Å². The molecule has 3 rings (SSSR count). The summed E-state index contributed by atoms with van der Waals surface area (Å²) in [5.41, 5.74) is -3.27. The van der Waals surface area contributed by atoms with E-state index in [2.05, 4.69) is 15.4 Å². The standard InChI is InChI=1S/C17H16ClF3N6O2/c1-3-4-7-26-23-15(22-24-26)11-8-10(5-6-12(11)18)27-14(28)9-13(17(19,20)21)25(2)16(27)29/h5-6,8-9H,3-4,7H2,1-2H3. The Hall–Kier alpha value is -2.95. The maximum absolute atomic E-state index is 13.0. The van der Waals surface area contributed by atoms with E-state index in [9.17, 15) is 22.8 Å². The lowest BCUT2D eigenvalue weighted by Crippen LogP contribution is -2.40. The molecule has 0 aliphatic carbocycles. The van der Waals surface area contributed by atoms with Crippen molar-refractivity contribution in [1.82, 2.24) is 29.3 Å². The van der Waals surface area contributed by atoms with E-state index >= 15 is 0 Å². The fourth-order valence-electron chi connectivity index (χ4n) is 2.70. The molecule has 0 N–H and O–H groups in total. The molecule has 3 aromatic rings. The van der Waals surface area contributed by atoms with Crippen molar-refractivity contribution in [3.63, 3.8) is 0 Å². The van der Waals surface area contributed by atoms with E-state index in [1.807, 2.05) is 6.92 Å². The molecular formula is C17H16ClF3N6O2. The minimum atomic E-state index is -4.84. The molecule has 29 heavy (non-hydrogen) atoms. The Morgan fingerprint density at radius 3 is 2.55 bits per heavy atom. The van der Waals surface area contributed by atoms with Crippen LogP contribution in [0.5, 0.6) is 0 Å². The molecule has 0 saturated carbocycles. The van der Waals surface area contributed by atoms with Gasteiger partial charge in [0.1, 0.15) is 5.69 Å². The van der Waals surface area contributed by atoms with Gasteiger partial charge in [0.25, 0.3) is 5.56 Å². The van der Waals surface area contributed by atoms with E-state index in [1.54, 1.807) is 0 Å². The van der Waals surface area contributed by atoms with Gasteiger partial charge in [0, 0.05) is 18.7 Å². The second kappa shape index (κ2) is 7.82. The lowest BCUT2D eigenvalue weighted by Gasteiger charge is -2.14. The fourth-order valence-corrected chi connectivity index (χ4v) is 2.91. The molecule has 0 radical (unpaired) electrons. The van der Waals surface area contributed by atoms with Crippen molar-refractivity contribution in [2.45, 2.75) is 32.5 Å². The van der Waals surface area contributed by atoms with Gasteiger partial charge in [-0.05, 0) is 29.8 Å². The minimum absolute atomic E-state index is 0.0358. The SMILES string of the molecule is CCCCn1nnc(-c2cc(-n3c(=O)cc(C(F)(F)F)n(C)c3=O)ccc2Cl)n1. The number of hydrogen-bond donors (Lipinski definition) is 0. The number of benzene rings is 1. The Balaban J connectivity index is 2.11. The summed E-state index contributed by atoms with van der Waals surface area (Å²) < 4.78 is 40.1. The van der Waals surface area contributed by atoms with E-state index in [-0.39, 0.29) is 16.5 Å². The van der Waals surface area contributed by atoms with E-state index in [4.69, 9.17) is 11.6 Å². The maximum atomic E-state index is 13.0. The predicted octanol–water partition coefficient (Wildman–Crippen LogP) is 2.66. The summed E-state index contributed by atoms with van der Waals surface area (Å²) in [6, 6.07) is 4.49. The Morgan fingerprint density at radius 1 is 1.17 bits per heavy atom. The highest BCUT2D eigenvalue weighted by atomic mass is 35.5. The van der Waals surface area contributed by atoms with Gasteiger partial charge in [-0.25, -0.2) is 9.36 Å². The molecule has 0 aliphatic rings. The van der Waals surface area contributed by atoms with Gasteiger partial charge in [-0.1, -0.05) is 24.9 Å². The van der Waals surface area contributed by atoms with Crippen LogP contribution < -0.4 is 11.2 Å². The first kappa shape index (κ1) is 20.8. The van der Waals surface area contributed by atoms with Crippen molar-refractivity contribution in [3.8, 4) is 17.1 Å². The fraction of sp³-hybridized carbons (Fsp3) is 0.353. The molecule has 12 heteroatoms. The molecule has 0 amide bonds. The third-order valence-electron chi connectivity index (χ3n) is 4.22. The lowest BCUT2D eigenvalue weighted by molar-refractivity contribution is -0.144. The van der Waals surface area contributed by atoms with E-state index in [0.717, 1.165) is 19.9 Å². The summed E-state index contributed by atoms with van der Waals surface area (Å²) in [4.78, 5) is 26.1. The summed E-state index contributed by atoms with van der Waals surface area (Å²) >= 11 is 6.19. The van der Waals surface area contributed by atoms with Crippen LogP contribution in [0, 0.1) is 0 Å². The Bertz CT molecular complexity index is 1170. The van der Waals surface area contributed by atoms with Crippen LogP contribution in [0.1, 0.15) is 25.5 Å². The van der Waals surface area contributed by atoms with Crippen LogP contribution in [0.15, 0.2) is 33.9 Å². The molecule has 8 nitrogen and oxygen atoms in total. The van der Waals surface area contributed by atoms with Crippen LogP contribution in [-0.4, -0.2) is 29.3 Å². The number of aryl methyl sites for hydroxylation is 1. The Morgan fingerprint density at radius 2 is 1.90 bits per heavy atom. The minimum Gasteiger partial charge on any atom is -0.292 e. The van der Waals surface area contributed by atoms with Crippen LogP contribution in [0.3, 0.4) is 0 Å². The highest BCUT2D eigenvalue weighted by Crippen LogP contribution is 2.28. The molecule has 0 spiro atoms. The monoisotopic (exact) mass is 428 g/mol. The average Bonchev–Trinajstić information content (AvgIpc) is 3.12. The van der Waals surface area contributed by atoms with E-state index in [1.165, 1.54) is 23.0 Å². The largest absolute Gasteiger partial charge is 0.431 e. The van der Waals surface area contributed by atoms with Crippen LogP contribution in [0.4, 0.5) is 13.2 Å². The number of alkyl halides is 3. The van der Waals surface area contributed by atoms with Gasteiger partial charge < -0.3 is 0 Å². The number of hydrogen-bond acceptors (Lipinski definition) is 5. The van der Waals surface area contributed by atoms with Crippen LogP contribution in [0.25, 0.3) is 17.1 Å². The van der Waals surface area contributed by atoms with E-state index < -0.39 is 23.1 Å². The molecule has 0 unspecified atom stereocenters. The molecule has 1 aromatic carbocycles. The highest BCUT2D eigenvalue weighted by Gasteiger charge is 2.35. The highest BCUT2D eigenvalue weighted by molar-refractivity contribution is 6.33. The van der Waals surface area contributed by atoms with Gasteiger partial charge in [-0.3, -0.25) is 9.36 Å². The first-order valence-corrected chi connectivity index (χ1v) is 8.99. The van der Waals surface area contributed by atoms with E-state index in [0.29, 0.717) is 27.3 Å². The zero-order valence-electron chi connectivity index (χ0n) is 15.4. The normalized spacial score (nSPS) is 11.8. The van der Waals surface area contributed by atoms with Crippen molar-refractivity contribution < 1.29 is 13.2 Å². The second-order valence-electron chi connectivity index (χ2n) is 6.27. The quantitative estimate of drug-likeness (QED) is 0.623. The number of nitrogens with zero attached hydrogens (tertiary/aromatic N) is 6. The van der Waals surface area contributed by atoms with Crippen molar-refractivity contribution in [2.75, 3.05) is 0 Å². The van der Waals surface area contributed by atoms with Crippen molar-refractivity contribution in [1.29, 1.82) is 0 Å². The average molecular weight is 429 g/mol. The number of tetrazole rings is 1. The summed E-state index contributed by atoms with van der Waals surface area (Å²) in [5, 5.41) is 12.3. The van der Waals surface area contributed by atoms with Crippen molar-refractivity contribution in [2.24, 2.45) is 7.05 Å². The lowest BCUT2D eigenvalue weighted by atomic mass is 10.2. The number of unbranched alkanes of at least 4 members (excludes halogenated alkanes) is 1. The first-order valence-electron chi connectivity index (χ1n) is 8.62. The van der Waals surface area contributed by atoms with Crippen LogP contribution in [0.2, 0.25) is 5.02 Å². The molecular weight excluding hydrogens is 413 g/mol. The second-order valence-corrected chi connectivity index (χ2v) is 6.68. The number of halogens is 4. The van der Waals surface area contributed by atoms with Crippen LogP contribution in [-0.2, 0) is 19.8 Å². The molecule has 0 aliphatic heterocycles. The van der Waals surface area contributed by atoms with Crippen LogP contribution >= 0.6 is 11.6 Å². The molecule has 2 heterocycles. The van der Waals surface area contributed by atoms with Gasteiger partial charge >= 0.3 is 11.9 Å². The molecule has 154 valence electrons. The summed E-state index contributed by atoms with van der Waals surface area (Å²) in [7, 11) is 0.943. The number of rotatable bonds is 5. The van der Waals surface area contributed by atoms with Gasteiger partial charge in [0.15, 0.2) is 0 Å². The molecule has 0 bridgehead atoms. The predicted molar refractivity (Wildman–Crippen MR) is 99.0 cm³/mol. The summed E-state index contributed by atoms with van der Waals surface area (Å²) in [6.45, 7) is 2.57. The maximum Gasteiger partial charge on any atom is 0.431 e. The zero-order chi connectivity index (χ0) is 21.3. The van der Waals surface area contributed by atoms with Crippen molar-refractivity contribution >= 4 is 11.6 Å². The smallest absolute Gasteiger partial charge is 0.292 e. The third kappa shape index (κ3) is 4.09. The van der Waals surface area contributed by atoms with Gasteiger partial charge in [0.05, 0.1) is 17.3 Å². The Kier molecular flexibility index (Phi) is 5.60. The molecule has 0 saturated heterocycles. The summed E-state index contributed by atoms with van der Waals surface area (Å²) in [5.74, 6) is 0.171. The van der Waals surface area contributed by atoms with Gasteiger partial charge in [0.2, 0.25) is 5.82 Å². The summed E-state index contributed by atoms with van der Waals surface area (Å²) in [6.07, 6.45) is -3.05. The molecule has 2 aromatic heterocycles. The molecule has 0 fully saturated rings. The van der Waals surface area contributed by atoms with Gasteiger partial charge in [-0.2, -0.15) is 18.0 Å². The van der Waals surface area contributed by atoms with Crippen molar-refractivity contribution in [3.05, 3.63) is 55.8 Å². The third-order valence-corrected chi connectivity index (χ3v) is 4.55. The zero-order valence-corrected chi connectivity index (χ0v) is 16.2. The van der Waals surface area contributed by atoms with Gasteiger partial charge in [-0.15, -0.1) is 10.2 Å². The molecule has 0 atom stereocenters. The Labute approximate surface area is 167 Å². The first-order chi connectivity index (χ1) is 13.6. The number of aromatic nitrogens is 6.